The van der Waals surface area contributed by atoms with Crippen LogP contribution in [0.1, 0.15) is 5.56 Å². The predicted molar refractivity (Wildman–Crippen MR) is 79.1 cm³/mol. The molecule has 1 heterocycles. The summed E-state index contributed by atoms with van der Waals surface area (Å²) >= 11 is 0. The molecular weight excluding hydrogens is 254 g/mol. The maximum atomic E-state index is 5.59. The van der Waals surface area contributed by atoms with E-state index in [-0.39, 0.29) is 0 Å². The topological polar surface area (TPSA) is 56.3 Å². The molecule has 0 amide bonds. The van der Waals surface area contributed by atoms with Crippen molar-refractivity contribution in [1.29, 1.82) is 0 Å². The first-order valence-electron chi connectivity index (χ1n) is 6.26. The van der Waals surface area contributed by atoms with Crippen molar-refractivity contribution in [3.05, 3.63) is 48.3 Å². The first-order chi connectivity index (χ1) is 9.85. The Morgan fingerprint density at radius 2 is 2.00 bits per heavy atom. The fourth-order valence-corrected chi connectivity index (χ4v) is 1.70. The maximum Gasteiger partial charge on any atom is 0.262 e. The average Bonchev–Trinajstić information content (AvgIpc) is 2.52. The van der Waals surface area contributed by atoms with Crippen molar-refractivity contribution in [2.24, 2.45) is 0 Å². The Balaban J connectivity index is 1.99. The lowest BCUT2D eigenvalue weighted by molar-refractivity contribution is 0.313. The lowest BCUT2D eigenvalue weighted by atomic mass is 10.2. The number of aromatic nitrogens is 2. The van der Waals surface area contributed by atoms with Gasteiger partial charge in [-0.3, -0.25) is 0 Å². The lowest BCUT2D eigenvalue weighted by Crippen LogP contribution is -2.03. The summed E-state index contributed by atoms with van der Waals surface area (Å²) in [6, 6.07) is 10.0. The van der Waals surface area contributed by atoms with E-state index < -0.39 is 0 Å². The number of hydrogen-bond acceptors (Lipinski definition) is 5. The monoisotopic (exact) mass is 271 g/mol. The van der Waals surface area contributed by atoms with Crippen LogP contribution in [0.4, 0.5) is 5.82 Å². The second-order valence-electron chi connectivity index (χ2n) is 3.93. The summed E-state index contributed by atoms with van der Waals surface area (Å²) in [5, 5.41) is 2.93. The molecule has 0 atom stereocenters. The Morgan fingerprint density at radius 1 is 1.20 bits per heavy atom. The minimum absolute atomic E-state index is 0.408. The maximum absolute atomic E-state index is 5.59. The van der Waals surface area contributed by atoms with Gasteiger partial charge in [0.2, 0.25) is 5.75 Å². The van der Waals surface area contributed by atoms with Gasteiger partial charge in [-0.2, -0.15) is 4.98 Å². The molecule has 2 aromatic rings. The molecule has 1 N–H and O–H groups in total. The van der Waals surface area contributed by atoms with Crippen LogP contribution in [0.25, 0.3) is 6.08 Å². The molecule has 104 valence electrons. The molecule has 0 aliphatic rings. The van der Waals surface area contributed by atoms with E-state index in [1.165, 1.54) is 6.33 Å². The van der Waals surface area contributed by atoms with E-state index in [1.54, 1.807) is 14.2 Å². The standard InChI is InChI=1S/C15H17N3O2/c1-16-14-13(19-2)15(18-11-17-14)20-10-6-9-12-7-4-3-5-8-12/h3-9,11H,10H2,1-2H3,(H,16,17,18)/b9-6+. The number of benzene rings is 1. The van der Waals surface area contributed by atoms with Gasteiger partial charge in [-0.05, 0) is 11.6 Å². The van der Waals surface area contributed by atoms with Gasteiger partial charge in [0.25, 0.3) is 5.88 Å². The number of nitrogens with zero attached hydrogens (tertiary/aromatic N) is 2. The smallest absolute Gasteiger partial charge is 0.262 e. The molecule has 20 heavy (non-hydrogen) atoms. The van der Waals surface area contributed by atoms with Crippen LogP contribution in [0, 0.1) is 0 Å². The fraction of sp³-hybridized carbons (Fsp3) is 0.200. The zero-order chi connectivity index (χ0) is 14.2. The molecule has 1 aromatic carbocycles. The second kappa shape index (κ2) is 7.13. The van der Waals surface area contributed by atoms with Crippen LogP contribution in [0.3, 0.4) is 0 Å². The van der Waals surface area contributed by atoms with Gasteiger partial charge in [0, 0.05) is 7.05 Å². The summed E-state index contributed by atoms with van der Waals surface area (Å²) in [6.07, 6.45) is 5.35. The molecule has 0 fully saturated rings. The molecule has 0 bridgehead atoms. The third-order valence-electron chi connectivity index (χ3n) is 2.64. The zero-order valence-corrected chi connectivity index (χ0v) is 11.5. The highest BCUT2D eigenvalue weighted by atomic mass is 16.5. The van der Waals surface area contributed by atoms with Crippen molar-refractivity contribution in [3.8, 4) is 11.6 Å². The SMILES string of the molecule is CNc1ncnc(OC/C=C/c2ccccc2)c1OC. The zero-order valence-electron chi connectivity index (χ0n) is 11.5. The Hall–Kier alpha value is -2.56. The summed E-state index contributed by atoms with van der Waals surface area (Å²) < 4.78 is 10.8. The Labute approximate surface area is 118 Å². The van der Waals surface area contributed by atoms with E-state index in [4.69, 9.17) is 9.47 Å². The van der Waals surface area contributed by atoms with Crippen LogP contribution in [-0.2, 0) is 0 Å². The van der Waals surface area contributed by atoms with Gasteiger partial charge < -0.3 is 14.8 Å². The third-order valence-corrected chi connectivity index (χ3v) is 2.64. The summed E-state index contributed by atoms with van der Waals surface area (Å²) in [7, 11) is 3.33. The van der Waals surface area contributed by atoms with Crippen molar-refractivity contribution in [2.45, 2.75) is 0 Å². The first-order valence-corrected chi connectivity index (χ1v) is 6.26. The largest absolute Gasteiger partial charge is 0.489 e. The molecule has 0 saturated heterocycles. The molecule has 0 radical (unpaired) electrons. The third kappa shape index (κ3) is 3.47. The van der Waals surface area contributed by atoms with E-state index in [2.05, 4.69) is 15.3 Å². The Kier molecular flexibility index (Phi) is 4.94. The quantitative estimate of drug-likeness (QED) is 0.875. The van der Waals surface area contributed by atoms with Crippen LogP contribution in [-0.4, -0.2) is 30.7 Å². The van der Waals surface area contributed by atoms with E-state index in [1.807, 2.05) is 42.5 Å². The van der Waals surface area contributed by atoms with Crippen LogP contribution in [0.15, 0.2) is 42.7 Å². The van der Waals surface area contributed by atoms with E-state index in [9.17, 15) is 0 Å². The van der Waals surface area contributed by atoms with Crippen LogP contribution in [0.2, 0.25) is 0 Å². The summed E-state index contributed by atoms with van der Waals surface area (Å²) in [5.74, 6) is 1.53. The van der Waals surface area contributed by atoms with E-state index in [0.717, 1.165) is 5.56 Å². The molecule has 0 aliphatic heterocycles. The highest BCUT2D eigenvalue weighted by molar-refractivity contribution is 5.54. The van der Waals surface area contributed by atoms with Gasteiger partial charge in [0.05, 0.1) is 7.11 Å². The number of nitrogens with one attached hydrogen (secondary N) is 1. The van der Waals surface area contributed by atoms with Gasteiger partial charge in [-0.25, -0.2) is 4.98 Å². The van der Waals surface area contributed by atoms with Crippen molar-refractivity contribution in [3.63, 3.8) is 0 Å². The molecule has 0 saturated carbocycles. The van der Waals surface area contributed by atoms with Gasteiger partial charge in [0.15, 0.2) is 5.82 Å². The number of rotatable bonds is 6. The molecule has 0 spiro atoms. The number of anilines is 1. The highest BCUT2D eigenvalue weighted by Gasteiger charge is 2.11. The van der Waals surface area contributed by atoms with Crippen molar-refractivity contribution in [1.82, 2.24) is 9.97 Å². The fourth-order valence-electron chi connectivity index (χ4n) is 1.70. The van der Waals surface area contributed by atoms with Crippen molar-refractivity contribution < 1.29 is 9.47 Å². The number of hydrogen-bond donors (Lipinski definition) is 1. The number of ether oxygens (including phenoxy) is 2. The van der Waals surface area contributed by atoms with Gasteiger partial charge >= 0.3 is 0 Å². The minimum Gasteiger partial charge on any atom is -0.489 e. The predicted octanol–water partition coefficient (Wildman–Crippen LogP) is 2.62. The van der Waals surface area contributed by atoms with Gasteiger partial charge in [-0.1, -0.05) is 36.4 Å². The van der Waals surface area contributed by atoms with Gasteiger partial charge in [0.1, 0.15) is 12.9 Å². The molecule has 1 aromatic heterocycles. The van der Waals surface area contributed by atoms with Crippen molar-refractivity contribution >= 4 is 11.9 Å². The normalized spacial score (nSPS) is 10.5. The molecule has 0 aliphatic carbocycles. The summed E-state index contributed by atoms with van der Waals surface area (Å²) in [6.45, 7) is 0.408. The summed E-state index contributed by atoms with van der Waals surface area (Å²) in [4.78, 5) is 8.13. The molecular formula is C15H17N3O2. The average molecular weight is 271 g/mol. The first kappa shape index (κ1) is 13.9. The number of methoxy groups -OCH3 is 1. The van der Waals surface area contributed by atoms with Gasteiger partial charge in [-0.15, -0.1) is 0 Å². The molecule has 5 heteroatoms. The van der Waals surface area contributed by atoms with Crippen molar-refractivity contribution in [2.75, 3.05) is 26.1 Å². The van der Waals surface area contributed by atoms with E-state index in [0.29, 0.717) is 24.1 Å². The second-order valence-corrected chi connectivity index (χ2v) is 3.93. The molecule has 0 unspecified atom stereocenters. The summed E-state index contributed by atoms with van der Waals surface area (Å²) in [5.41, 5.74) is 1.13. The minimum atomic E-state index is 0.408. The molecule has 2 rings (SSSR count). The van der Waals surface area contributed by atoms with Crippen LogP contribution < -0.4 is 14.8 Å². The molecule has 5 nitrogen and oxygen atoms in total. The van der Waals surface area contributed by atoms with E-state index >= 15 is 0 Å². The van der Waals surface area contributed by atoms with Crippen LogP contribution in [0.5, 0.6) is 11.6 Å². The van der Waals surface area contributed by atoms with Crippen LogP contribution >= 0.6 is 0 Å². The lowest BCUT2D eigenvalue weighted by Gasteiger charge is -2.10. The Morgan fingerprint density at radius 3 is 2.70 bits per heavy atom. The Bertz CT molecular complexity index is 571. The highest BCUT2D eigenvalue weighted by Crippen LogP contribution is 2.30.